The smallest absolute Gasteiger partial charge is 0.191 e. The first-order valence-electron chi connectivity index (χ1n) is 7.56. The van der Waals surface area contributed by atoms with Crippen LogP contribution in [0.2, 0.25) is 0 Å². The Morgan fingerprint density at radius 2 is 2.00 bits per heavy atom. The summed E-state index contributed by atoms with van der Waals surface area (Å²) in [4.78, 5) is 6.75. The third-order valence-electron chi connectivity index (χ3n) is 3.75. The Kier molecular flexibility index (Phi) is 6.89. The first-order valence-corrected chi connectivity index (χ1v) is 8.95. The van der Waals surface area contributed by atoms with Crippen molar-refractivity contribution in [1.82, 2.24) is 15.5 Å². The van der Waals surface area contributed by atoms with Gasteiger partial charge in [-0.1, -0.05) is 24.3 Å². The number of fused-ring (bicyclic) bond motifs is 1. The van der Waals surface area contributed by atoms with Gasteiger partial charge in [-0.15, -0.1) is 0 Å². The van der Waals surface area contributed by atoms with Crippen LogP contribution in [0, 0.1) is 0 Å². The van der Waals surface area contributed by atoms with Crippen LogP contribution in [-0.4, -0.2) is 56.1 Å². The highest BCUT2D eigenvalue weighted by Crippen LogP contribution is 2.17. The normalized spacial score (nSPS) is 15.6. The van der Waals surface area contributed by atoms with Crippen molar-refractivity contribution in [3.63, 3.8) is 0 Å². The van der Waals surface area contributed by atoms with Gasteiger partial charge in [0.1, 0.15) is 0 Å². The Morgan fingerprint density at radius 1 is 1.24 bits per heavy atom. The lowest BCUT2D eigenvalue weighted by atomic mass is 10.00. The minimum absolute atomic E-state index is 0.904. The largest absolute Gasteiger partial charge is 0.356 e. The fourth-order valence-corrected chi connectivity index (χ4v) is 2.88. The minimum Gasteiger partial charge on any atom is -0.356 e. The molecule has 2 N–H and O–H groups in total. The van der Waals surface area contributed by atoms with Gasteiger partial charge in [-0.3, -0.25) is 9.89 Å². The predicted octanol–water partition coefficient (Wildman–Crippen LogP) is 1.57. The number of hydrogen-bond donors (Lipinski definition) is 2. The summed E-state index contributed by atoms with van der Waals surface area (Å²) in [7, 11) is 1.82. The van der Waals surface area contributed by atoms with E-state index in [-0.39, 0.29) is 0 Å². The Balaban J connectivity index is 1.70. The quantitative estimate of drug-likeness (QED) is 0.475. The number of aliphatic imine (C=N–C) groups is 1. The minimum atomic E-state index is 0.904. The molecule has 2 rings (SSSR count). The van der Waals surface area contributed by atoms with Crippen molar-refractivity contribution in [2.45, 2.75) is 13.0 Å². The van der Waals surface area contributed by atoms with Crippen molar-refractivity contribution in [2.75, 3.05) is 45.2 Å². The standard InChI is InChI=1S/C16H26N4S/c1-17-16(19-9-12-21-2)18-8-11-20-10-7-14-5-3-4-6-15(14)13-20/h3-6H,7-13H2,1-2H3,(H2,17,18,19). The summed E-state index contributed by atoms with van der Waals surface area (Å²) in [6.07, 6.45) is 3.28. The molecule has 1 aromatic carbocycles. The van der Waals surface area contributed by atoms with Gasteiger partial charge in [0, 0.05) is 45.5 Å². The molecule has 1 aromatic rings. The van der Waals surface area contributed by atoms with Crippen LogP contribution in [0.25, 0.3) is 0 Å². The van der Waals surface area contributed by atoms with Crippen LogP contribution in [0.5, 0.6) is 0 Å². The highest BCUT2D eigenvalue weighted by atomic mass is 32.2. The van der Waals surface area contributed by atoms with Gasteiger partial charge < -0.3 is 10.6 Å². The van der Waals surface area contributed by atoms with E-state index in [4.69, 9.17) is 0 Å². The summed E-state index contributed by atoms with van der Waals surface area (Å²) < 4.78 is 0. The molecule has 0 aliphatic carbocycles. The number of hydrogen-bond acceptors (Lipinski definition) is 3. The van der Waals surface area contributed by atoms with Crippen LogP contribution >= 0.6 is 11.8 Å². The SMILES string of the molecule is CN=C(NCCSC)NCCN1CCc2ccccc2C1. The van der Waals surface area contributed by atoms with E-state index >= 15 is 0 Å². The van der Waals surface area contributed by atoms with Crippen molar-refractivity contribution in [1.29, 1.82) is 0 Å². The van der Waals surface area contributed by atoms with E-state index in [2.05, 4.69) is 51.0 Å². The third-order valence-corrected chi connectivity index (χ3v) is 4.36. The van der Waals surface area contributed by atoms with Crippen LogP contribution in [0.4, 0.5) is 0 Å². The molecular weight excluding hydrogens is 280 g/mol. The van der Waals surface area contributed by atoms with Gasteiger partial charge in [0.2, 0.25) is 0 Å². The number of thioether (sulfide) groups is 1. The predicted molar refractivity (Wildman–Crippen MR) is 93.2 cm³/mol. The molecule has 4 nitrogen and oxygen atoms in total. The van der Waals surface area contributed by atoms with Crippen LogP contribution in [-0.2, 0) is 13.0 Å². The molecule has 1 aliphatic heterocycles. The zero-order chi connectivity index (χ0) is 14.9. The second-order valence-electron chi connectivity index (χ2n) is 5.21. The maximum atomic E-state index is 4.25. The summed E-state index contributed by atoms with van der Waals surface area (Å²) in [5, 5.41) is 6.71. The van der Waals surface area contributed by atoms with Gasteiger partial charge in [0.25, 0.3) is 0 Å². The van der Waals surface area contributed by atoms with Crippen LogP contribution < -0.4 is 10.6 Å². The molecule has 0 bridgehead atoms. The van der Waals surface area contributed by atoms with Gasteiger partial charge in [0.15, 0.2) is 5.96 Å². The molecule has 1 heterocycles. The lowest BCUT2D eigenvalue weighted by Crippen LogP contribution is -2.43. The van der Waals surface area contributed by atoms with Crippen molar-refractivity contribution >= 4 is 17.7 Å². The third kappa shape index (κ3) is 5.25. The molecule has 0 saturated carbocycles. The molecule has 0 unspecified atom stereocenters. The molecule has 0 saturated heterocycles. The highest BCUT2D eigenvalue weighted by Gasteiger charge is 2.14. The summed E-state index contributed by atoms with van der Waals surface area (Å²) in [6.45, 7) is 5.16. The lowest BCUT2D eigenvalue weighted by molar-refractivity contribution is 0.258. The first-order chi connectivity index (χ1) is 10.3. The zero-order valence-corrected chi connectivity index (χ0v) is 13.9. The monoisotopic (exact) mass is 306 g/mol. The van der Waals surface area contributed by atoms with Crippen molar-refractivity contribution in [3.05, 3.63) is 35.4 Å². The number of nitrogens with one attached hydrogen (secondary N) is 2. The Labute approximate surface area is 132 Å². The fraction of sp³-hybridized carbons (Fsp3) is 0.562. The van der Waals surface area contributed by atoms with Gasteiger partial charge in [-0.05, 0) is 23.8 Å². The van der Waals surface area contributed by atoms with Gasteiger partial charge in [-0.2, -0.15) is 11.8 Å². The zero-order valence-electron chi connectivity index (χ0n) is 13.1. The van der Waals surface area contributed by atoms with E-state index in [0.717, 1.165) is 50.9 Å². The van der Waals surface area contributed by atoms with Gasteiger partial charge >= 0.3 is 0 Å². The maximum absolute atomic E-state index is 4.25. The first kappa shape index (κ1) is 16.2. The number of nitrogens with zero attached hydrogens (tertiary/aromatic N) is 2. The van der Waals surface area contributed by atoms with E-state index < -0.39 is 0 Å². The topological polar surface area (TPSA) is 39.7 Å². The molecule has 0 amide bonds. The van der Waals surface area contributed by atoms with E-state index in [1.54, 1.807) is 0 Å². The molecule has 0 spiro atoms. The molecule has 116 valence electrons. The van der Waals surface area contributed by atoms with Crippen LogP contribution in [0.15, 0.2) is 29.3 Å². The van der Waals surface area contributed by atoms with E-state index in [1.807, 2.05) is 18.8 Å². The second-order valence-corrected chi connectivity index (χ2v) is 6.20. The molecule has 21 heavy (non-hydrogen) atoms. The Morgan fingerprint density at radius 3 is 2.76 bits per heavy atom. The molecule has 0 atom stereocenters. The molecular formula is C16H26N4S. The average molecular weight is 306 g/mol. The second kappa shape index (κ2) is 8.95. The summed E-state index contributed by atoms with van der Waals surface area (Å²) in [5.74, 6) is 2.00. The molecule has 0 fully saturated rings. The van der Waals surface area contributed by atoms with Crippen molar-refractivity contribution in [3.8, 4) is 0 Å². The number of guanidine groups is 1. The van der Waals surface area contributed by atoms with Gasteiger partial charge in [0.05, 0.1) is 0 Å². The maximum Gasteiger partial charge on any atom is 0.191 e. The number of rotatable bonds is 6. The average Bonchev–Trinajstić information content (AvgIpc) is 2.53. The van der Waals surface area contributed by atoms with Crippen molar-refractivity contribution in [2.24, 2.45) is 4.99 Å². The van der Waals surface area contributed by atoms with E-state index in [9.17, 15) is 0 Å². The Bertz CT molecular complexity index is 461. The summed E-state index contributed by atoms with van der Waals surface area (Å²) in [5.41, 5.74) is 2.99. The summed E-state index contributed by atoms with van der Waals surface area (Å²) in [6, 6.07) is 8.78. The molecule has 1 aliphatic rings. The van der Waals surface area contributed by atoms with E-state index in [0.29, 0.717) is 0 Å². The van der Waals surface area contributed by atoms with Crippen LogP contribution in [0.1, 0.15) is 11.1 Å². The van der Waals surface area contributed by atoms with Gasteiger partial charge in [-0.25, -0.2) is 0 Å². The lowest BCUT2D eigenvalue weighted by Gasteiger charge is -2.28. The number of benzene rings is 1. The highest BCUT2D eigenvalue weighted by molar-refractivity contribution is 7.98. The fourth-order valence-electron chi connectivity index (χ4n) is 2.57. The molecule has 5 heteroatoms. The Hall–Kier alpha value is -1.20. The molecule has 0 radical (unpaired) electrons. The van der Waals surface area contributed by atoms with Crippen molar-refractivity contribution < 1.29 is 0 Å². The molecule has 0 aromatic heterocycles. The van der Waals surface area contributed by atoms with Crippen LogP contribution in [0.3, 0.4) is 0 Å². The van der Waals surface area contributed by atoms with E-state index in [1.165, 1.54) is 11.1 Å². The summed E-state index contributed by atoms with van der Waals surface area (Å²) >= 11 is 1.84.